The topological polar surface area (TPSA) is 58.7 Å². The van der Waals surface area contributed by atoms with Gasteiger partial charge in [-0.3, -0.25) is 0 Å². The Morgan fingerprint density at radius 2 is 1.70 bits per heavy atom. The van der Waals surface area contributed by atoms with Crippen LogP contribution in [0, 0.1) is 0 Å². The minimum absolute atomic E-state index is 0.338. The monoisotopic (exact) mass is 354 g/mol. The highest BCUT2D eigenvalue weighted by Gasteiger charge is 2.38. The van der Waals surface area contributed by atoms with E-state index in [9.17, 15) is 0 Å². The van der Waals surface area contributed by atoms with Crippen LogP contribution in [0.5, 0.6) is 0 Å². The lowest BCUT2D eigenvalue weighted by molar-refractivity contribution is 0.115. The van der Waals surface area contributed by atoms with Crippen molar-refractivity contribution in [1.29, 1.82) is 0 Å². The van der Waals surface area contributed by atoms with Gasteiger partial charge >= 0.3 is 8.56 Å². The maximum absolute atomic E-state index is 6.20. The lowest BCUT2D eigenvalue weighted by atomic mass is 10.5. The second kappa shape index (κ2) is 7.76. The van der Waals surface area contributed by atoms with Gasteiger partial charge in [0.25, 0.3) is 27.9 Å². The van der Waals surface area contributed by atoms with E-state index < -0.39 is 36.4 Å². The number of rotatable bonds is 6. The van der Waals surface area contributed by atoms with Crippen molar-refractivity contribution in [3.63, 3.8) is 0 Å². The van der Waals surface area contributed by atoms with Gasteiger partial charge in [-0.1, -0.05) is 0 Å². The molecule has 0 amide bonds. The van der Waals surface area contributed by atoms with Crippen LogP contribution >= 0.6 is 0 Å². The van der Waals surface area contributed by atoms with Crippen LogP contribution in [0.2, 0.25) is 32.2 Å². The van der Waals surface area contributed by atoms with Gasteiger partial charge < -0.3 is 25.9 Å². The van der Waals surface area contributed by atoms with Gasteiger partial charge in [-0.25, -0.2) is 0 Å². The van der Waals surface area contributed by atoms with E-state index in [0.717, 1.165) is 25.7 Å². The first kappa shape index (κ1) is 17.0. The predicted octanol–water partition coefficient (Wildman–Crippen LogP) is 0.495. The third kappa shape index (κ3) is 6.17. The predicted molar refractivity (Wildman–Crippen MR) is 85.0 cm³/mol. The lowest BCUT2D eigenvalue weighted by Crippen LogP contribution is -2.53. The Morgan fingerprint density at radius 1 is 1.10 bits per heavy atom. The van der Waals surface area contributed by atoms with Crippen LogP contribution in [0.25, 0.3) is 0 Å². The maximum atomic E-state index is 6.20. The summed E-state index contributed by atoms with van der Waals surface area (Å²) in [6.07, 6.45) is 1.30. The number of ether oxygens (including phenoxy) is 2. The minimum atomic E-state index is -2.15. The summed E-state index contributed by atoms with van der Waals surface area (Å²) in [4.78, 5) is 0. The number of epoxide rings is 1. The van der Waals surface area contributed by atoms with E-state index in [1.165, 1.54) is 0 Å². The van der Waals surface area contributed by atoms with Crippen molar-refractivity contribution < 1.29 is 25.9 Å². The molecule has 3 unspecified atom stereocenters. The molecule has 2 heterocycles. The molecule has 2 aliphatic rings. The van der Waals surface area contributed by atoms with Gasteiger partial charge in [0.2, 0.25) is 0 Å². The fourth-order valence-corrected chi connectivity index (χ4v) is 17.0. The van der Waals surface area contributed by atoms with Crippen LogP contribution < -0.4 is 0 Å². The van der Waals surface area contributed by atoms with Crippen LogP contribution in [0.1, 0.15) is 6.42 Å². The van der Waals surface area contributed by atoms with E-state index in [-0.39, 0.29) is 0 Å². The van der Waals surface area contributed by atoms with Crippen LogP contribution in [0.4, 0.5) is 0 Å². The Bertz CT molecular complexity index is 291. The highest BCUT2D eigenvalue weighted by Crippen LogP contribution is 2.22. The van der Waals surface area contributed by atoms with Gasteiger partial charge in [0.15, 0.2) is 0 Å². The molecule has 2 fully saturated rings. The summed E-state index contributed by atoms with van der Waals surface area (Å²) < 4.78 is 34.9. The second-order valence-corrected chi connectivity index (χ2v) is 15.7. The Kier molecular flexibility index (Phi) is 6.59. The van der Waals surface area contributed by atoms with Crippen molar-refractivity contribution in [3.05, 3.63) is 0 Å². The molecular weight excluding hydrogens is 328 g/mol. The summed E-state index contributed by atoms with van der Waals surface area (Å²) in [7, 11) is -6.90. The Balaban J connectivity index is 1.73. The molecule has 3 atom stereocenters. The second-order valence-electron chi connectivity index (χ2n) is 5.48. The molecule has 2 saturated heterocycles. The molecule has 0 radical (unpaired) electrons. The van der Waals surface area contributed by atoms with Crippen molar-refractivity contribution in [2.24, 2.45) is 0 Å². The molecule has 2 aliphatic heterocycles. The highest BCUT2D eigenvalue weighted by molar-refractivity contribution is 6.81. The summed E-state index contributed by atoms with van der Waals surface area (Å²) in [5.41, 5.74) is 0. The van der Waals surface area contributed by atoms with Crippen molar-refractivity contribution in [2.45, 2.75) is 44.8 Å². The number of hydrogen-bond acceptors (Lipinski definition) is 6. The first-order valence-electron chi connectivity index (χ1n) is 7.33. The van der Waals surface area contributed by atoms with Gasteiger partial charge in [-0.2, -0.15) is 0 Å². The van der Waals surface area contributed by atoms with Crippen molar-refractivity contribution in [3.8, 4) is 0 Å². The zero-order valence-corrected chi connectivity index (χ0v) is 17.3. The molecule has 118 valence electrons. The summed E-state index contributed by atoms with van der Waals surface area (Å²) >= 11 is 0. The fraction of sp³-hybridized carbons (Fsp3) is 1.00. The minimum Gasteiger partial charge on any atom is -0.420 e. The Labute approximate surface area is 127 Å². The zero-order chi connectivity index (χ0) is 14.6. The van der Waals surface area contributed by atoms with Crippen LogP contribution in [0.15, 0.2) is 0 Å². The molecule has 10 heteroatoms. The standard InChI is InChI=1S/C10H26O6Si4/c1-17-13-18(2)15-20(4,16-19(3)14-17)7-5-6-11-8-10-9-12-10/h10,17-19H,5-9H2,1-4H3. The Morgan fingerprint density at radius 3 is 2.25 bits per heavy atom. The molecule has 0 saturated carbocycles. The van der Waals surface area contributed by atoms with E-state index in [1.54, 1.807) is 0 Å². The first-order chi connectivity index (χ1) is 9.47. The molecule has 0 aromatic heterocycles. The molecule has 0 aromatic carbocycles. The third-order valence-electron chi connectivity index (χ3n) is 3.22. The average Bonchev–Trinajstić information content (AvgIpc) is 3.09. The smallest absolute Gasteiger partial charge is 0.317 e. The normalized spacial score (nSPS) is 42.0. The molecule has 0 bridgehead atoms. The molecule has 0 aliphatic carbocycles. The Hall–Kier alpha value is 0.628. The van der Waals surface area contributed by atoms with Gasteiger partial charge in [0, 0.05) is 6.61 Å². The van der Waals surface area contributed by atoms with Gasteiger partial charge in [-0.15, -0.1) is 0 Å². The van der Waals surface area contributed by atoms with Gasteiger partial charge in [-0.05, 0) is 38.7 Å². The zero-order valence-electron chi connectivity index (χ0n) is 12.8. The van der Waals surface area contributed by atoms with Crippen molar-refractivity contribution in [2.75, 3.05) is 19.8 Å². The summed E-state index contributed by atoms with van der Waals surface area (Å²) in [6, 6.07) is 0.940. The molecule has 20 heavy (non-hydrogen) atoms. The van der Waals surface area contributed by atoms with E-state index in [1.807, 2.05) is 0 Å². The third-order valence-corrected chi connectivity index (χ3v) is 17.3. The average molecular weight is 355 g/mol. The first-order valence-corrected chi connectivity index (χ1v) is 16.1. The summed E-state index contributed by atoms with van der Waals surface area (Å²) in [5, 5.41) is 0. The van der Waals surface area contributed by atoms with Crippen LogP contribution in [0.3, 0.4) is 0 Å². The lowest BCUT2D eigenvalue weighted by Gasteiger charge is -2.37. The molecule has 6 nitrogen and oxygen atoms in total. The van der Waals surface area contributed by atoms with E-state index in [4.69, 9.17) is 25.9 Å². The largest absolute Gasteiger partial charge is 0.420 e. The molecule has 0 N–H and O–H groups in total. The van der Waals surface area contributed by atoms with E-state index >= 15 is 0 Å². The van der Waals surface area contributed by atoms with E-state index in [2.05, 4.69) is 26.2 Å². The van der Waals surface area contributed by atoms with Gasteiger partial charge in [0.05, 0.1) is 13.2 Å². The van der Waals surface area contributed by atoms with E-state index in [0.29, 0.717) is 12.7 Å². The van der Waals surface area contributed by atoms with Crippen molar-refractivity contribution >= 4 is 36.4 Å². The maximum Gasteiger partial charge on any atom is 0.317 e. The SMILES string of the molecule is C[SiH]1O[SiH](C)O[Si](C)(CCCOCC2CO2)O[SiH](C)O1. The van der Waals surface area contributed by atoms with Crippen LogP contribution in [-0.4, -0.2) is 62.3 Å². The van der Waals surface area contributed by atoms with Crippen LogP contribution in [-0.2, 0) is 25.9 Å². The molecule has 0 aromatic rings. The molecular formula is C10H26O6Si4. The van der Waals surface area contributed by atoms with Crippen molar-refractivity contribution in [1.82, 2.24) is 0 Å². The number of hydrogen-bond donors (Lipinski definition) is 0. The fourth-order valence-electron chi connectivity index (χ4n) is 2.35. The summed E-state index contributed by atoms with van der Waals surface area (Å²) in [6.45, 7) is 10.6. The molecule has 0 spiro atoms. The summed E-state index contributed by atoms with van der Waals surface area (Å²) in [5.74, 6) is 0. The molecule has 2 rings (SSSR count). The quantitative estimate of drug-likeness (QED) is 0.393. The van der Waals surface area contributed by atoms with Gasteiger partial charge in [0.1, 0.15) is 6.10 Å². The highest BCUT2D eigenvalue weighted by atomic mass is 28.5.